The van der Waals surface area contributed by atoms with Gasteiger partial charge in [0.15, 0.2) is 0 Å². The van der Waals surface area contributed by atoms with Crippen molar-refractivity contribution in [1.29, 1.82) is 0 Å². The monoisotopic (exact) mass is 391 g/mol. The van der Waals surface area contributed by atoms with Crippen LogP contribution in [0.25, 0.3) is 0 Å². The van der Waals surface area contributed by atoms with E-state index in [1.54, 1.807) is 43.0 Å². The topological polar surface area (TPSA) is 82.1 Å². The molecule has 0 saturated heterocycles. The van der Waals surface area contributed by atoms with Gasteiger partial charge in [0, 0.05) is 11.6 Å². The van der Waals surface area contributed by atoms with Gasteiger partial charge in [-0.3, -0.25) is 0 Å². The Morgan fingerprint density at radius 3 is 2.56 bits per heavy atom. The van der Waals surface area contributed by atoms with E-state index in [0.717, 1.165) is 0 Å². The van der Waals surface area contributed by atoms with Gasteiger partial charge in [-0.2, -0.15) is 0 Å². The highest BCUT2D eigenvalue weighted by atomic mass is 35.5. The minimum absolute atomic E-state index is 0.0971. The maximum Gasteiger partial charge on any atom is 0.513 e. The number of nitrogens with zero attached hydrogens (tertiary/aromatic N) is 1. The maximum absolute atomic E-state index is 12.5. The van der Waals surface area contributed by atoms with Gasteiger partial charge >= 0.3 is 18.1 Å². The highest BCUT2D eigenvalue weighted by Gasteiger charge is 2.48. The molecule has 1 unspecified atom stereocenters. The molecule has 2 aliphatic heterocycles. The second kappa shape index (κ2) is 7.44. The molecule has 1 aromatic rings. The first kappa shape index (κ1) is 19.0. The number of ether oxygens (including phenoxy) is 3. The largest absolute Gasteiger partial charge is 0.513 e. The summed E-state index contributed by atoms with van der Waals surface area (Å²) in [6.07, 6.45) is -0.901. The molecule has 0 aliphatic carbocycles. The van der Waals surface area contributed by atoms with E-state index >= 15 is 0 Å². The Hall–Kier alpha value is -2.80. The number of esters is 2. The van der Waals surface area contributed by atoms with E-state index in [1.807, 2.05) is 6.92 Å². The highest BCUT2D eigenvalue weighted by molar-refractivity contribution is 6.31. The van der Waals surface area contributed by atoms with Crippen LogP contribution in [0.1, 0.15) is 32.3 Å². The molecule has 3 rings (SSSR count). The molecule has 142 valence electrons. The van der Waals surface area contributed by atoms with Gasteiger partial charge in [0.05, 0.1) is 23.8 Å². The number of hydrogen-bond acceptors (Lipinski definition) is 7. The summed E-state index contributed by atoms with van der Waals surface area (Å²) in [6.45, 7) is 5.66. The lowest BCUT2D eigenvalue weighted by Crippen LogP contribution is -2.33. The van der Waals surface area contributed by atoms with Crippen LogP contribution in [0.4, 0.5) is 4.79 Å². The zero-order chi connectivity index (χ0) is 19.7. The standard InChI is InChI=1S/C19H18ClNO6/c1-4-21-10(3)16(26-19(24)25-5-2)13(11-8-6-7-9-12(11)20)14-15(21)18(23)27-17(14)22/h6-9,13H,4-5H2,1-3H3. The van der Waals surface area contributed by atoms with E-state index in [2.05, 4.69) is 0 Å². The molecule has 0 amide bonds. The van der Waals surface area contributed by atoms with Gasteiger partial charge in [0.1, 0.15) is 11.5 Å². The zero-order valence-corrected chi connectivity index (χ0v) is 15.8. The van der Waals surface area contributed by atoms with E-state index in [4.69, 9.17) is 25.8 Å². The molecule has 7 nitrogen and oxygen atoms in total. The molecule has 8 heteroatoms. The fraction of sp³-hybridized carbons (Fsp3) is 0.316. The van der Waals surface area contributed by atoms with Crippen molar-refractivity contribution < 1.29 is 28.6 Å². The number of rotatable bonds is 4. The van der Waals surface area contributed by atoms with E-state index in [-0.39, 0.29) is 23.6 Å². The molecule has 0 saturated carbocycles. The van der Waals surface area contributed by atoms with Crippen LogP contribution in [0.15, 0.2) is 47.0 Å². The summed E-state index contributed by atoms with van der Waals surface area (Å²) in [4.78, 5) is 38.4. The zero-order valence-electron chi connectivity index (χ0n) is 15.1. The molecule has 0 bridgehead atoms. The van der Waals surface area contributed by atoms with Gasteiger partial charge in [0.2, 0.25) is 0 Å². The average molecular weight is 392 g/mol. The van der Waals surface area contributed by atoms with Crippen LogP contribution in [0.2, 0.25) is 5.02 Å². The van der Waals surface area contributed by atoms with E-state index in [0.29, 0.717) is 22.8 Å². The molecule has 27 heavy (non-hydrogen) atoms. The van der Waals surface area contributed by atoms with Crippen molar-refractivity contribution in [3.05, 3.63) is 57.6 Å². The lowest BCUT2D eigenvalue weighted by Gasteiger charge is -2.34. The van der Waals surface area contributed by atoms with Crippen molar-refractivity contribution in [2.24, 2.45) is 0 Å². The third-order valence-electron chi connectivity index (χ3n) is 4.42. The van der Waals surface area contributed by atoms with Crippen LogP contribution in [0, 0.1) is 0 Å². The number of halogens is 1. The number of cyclic esters (lactones) is 2. The van der Waals surface area contributed by atoms with E-state index in [1.165, 1.54) is 0 Å². The summed E-state index contributed by atoms with van der Waals surface area (Å²) < 4.78 is 15.2. The predicted molar refractivity (Wildman–Crippen MR) is 95.5 cm³/mol. The quantitative estimate of drug-likeness (QED) is 0.573. The number of carbonyl (C=O) groups is 3. The molecule has 2 heterocycles. The van der Waals surface area contributed by atoms with E-state index < -0.39 is 24.0 Å². The molecule has 2 aliphatic rings. The van der Waals surface area contributed by atoms with Gasteiger partial charge < -0.3 is 19.1 Å². The Morgan fingerprint density at radius 1 is 1.22 bits per heavy atom. The number of hydrogen-bond donors (Lipinski definition) is 0. The molecule has 0 radical (unpaired) electrons. The third-order valence-corrected chi connectivity index (χ3v) is 4.77. The number of benzene rings is 1. The Bertz CT molecular complexity index is 888. The summed E-state index contributed by atoms with van der Waals surface area (Å²) in [5.74, 6) is -2.20. The second-order valence-electron chi connectivity index (χ2n) is 5.87. The first-order valence-electron chi connectivity index (χ1n) is 8.48. The van der Waals surface area contributed by atoms with Gasteiger partial charge in [-0.05, 0) is 32.4 Å². The minimum atomic E-state index is -0.901. The van der Waals surface area contributed by atoms with Gasteiger partial charge in [-0.25, -0.2) is 14.4 Å². The molecule has 1 atom stereocenters. The first-order valence-corrected chi connectivity index (χ1v) is 8.86. The Balaban J connectivity index is 2.22. The smallest absolute Gasteiger partial charge is 0.434 e. The molecule has 0 N–H and O–H groups in total. The first-order chi connectivity index (χ1) is 12.9. The fourth-order valence-corrected chi connectivity index (χ4v) is 3.56. The minimum Gasteiger partial charge on any atom is -0.434 e. The molecular weight excluding hydrogens is 374 g/mol. The fourth-order valence-electron chi connectivity index (χ4n) is 3.32. The number of allylic oxidation sites excluding steroid dienone is 2. The van der Waals surface area contributed by atoms with E-state index in [9.17, 15) is 14.4 Å². The summed E-state index contributed by atoms with van der Waals surface area (Å²) in [5, 5.41) is 0.365. The summed E-state index contributed by atoms with van der Waals surface area (Å²) in [5.41, 5.74) is 1.26. The van der Waals surface area contributed by atoms with Gasteiger partial charge in [0.25, 0.3) is 0 Å². The van der Waals surface area contributed by atoms with Crippen LogP contribution in [0.5, 0.6) is 0 Å². The number of likely N-dealkylation sites (N-methyl/N-ethyl adjacent to an activating group) is 1. The van der Waals surface area contributed by atoms with Crippen LogP contribution in [0.3, 0.4) is 0 Å². The van der Waals surface area contributed by atoms with Gasteiger partial charge in [-0.1, -0.05) is 29.8 Å². The van der Waals surface area contributed by atoms with Crippen molar-refractivity contribution in [3.63, 3.8) is 0 Å². The second-order valence-corrected chi connectivity index (χ2v) is 6.28. The normalized spacial score (nSPS) is 19.3. The molecule has 0 fully saturated rings. The Kier molecular flexibility index (Phi) is 5.23. The van der Waals surface area contributed by atoms with Crippen molar-refractivity contribution in [2.75, 3.05) is 13.2 Å². The number of carbonyl (C=O) groups excluding carboxylic acids is 3. The van der Waals surface area contributed by atoms with Crippen LogP contribution in [-0.4, -0.2) is 36.1 Å². The van der Waals surface area contributed by atoms with Crippen molar-refractivity contribution in [2.45, 2.75) is 26.7 Å². The molecular formula is C19H18ClNO6. The van der Waals surface area contributed by atoms with Crippen molar-refractivity contribution in [1.82, 2.24) is 4.90 Å². The van der Waals surface area contributed by atoms with Crippen molar-refractivity contribution in [3.8, 4) is 0 Å². The molecule has 1 aromatic carbocycles. The lowest BCUT2D eigenvalue weighted by molar-refractivity contribution is -0.151. The van der Waals surface area contributed by atoms with Crippen LogP contribution in [-0.2, 0) is 23.8 Å². The average Bonchev–Trinajstić information content (AvgIpc) is 2.91. The lowest BCUT2D eigenvalue weighted by atomic mass is 9.84. The summed E-state index contributed by atoms with van der Waals surface area (Å²) in [6, 6.07) is 6.84. The maximum atomic E-state index is 12.5. The SMILES string of the molecule is CCOC(=O)OC1=C(C)N(CC)C2=C(C(=O)OC2=O)C1c1ccccc1Cl. The highest BCUT2D eigenvalue weighted by Crippen LogP contribution is 2.47. The summed E-state index contributed by atoms with van der Waals surface area (Å²) >= 11 is 6.35. The van der Waals surface area contributed by atoms with Gasteiger partial charge in [-0.15, -0.1) is 0 Å². The predicted octanol–water partition coefficient (Wildman–Crippen LogP) is 3.50. The Morgan fingerprint density at radius 2 is 1.93 bits per heavy atom. The third kappa shape index (κ3) is 3.19. The van der Waals surface area contributed by atoms with Crippen LogP contribution >= 0.6 is 11.6 Å². The summed E-state index contributed by atoms with van der Waals surface area (Å²) in [7, 11) is 0. The Labute approximate surface area is 161 Å². The molecule has 0 spiro atoms. The van der Waals surface area contributed by atoms with Crippen LogP contribution < -0.4 is 0 Å². The van der Waals surface area contributed by atoms with Crippen molar-refractivity contribution >= 4 is 29.7 Å². The molecule has 0 aromatic heterocycles.